The van der Waals surface area contributed by atoms with Gasteiger partial charge in [0.25, 0.3) is 15.9 Å². The lowest BCUT2D eigenvalue weighted by molar-refractivity contribution is -0.118. The SMILES string of the molecule is O=C(COc1ccc(F)cc1F)Nc1cccc(S(=O)(=O)Nc2ccccc2Cl)c1. The average molecular weight is 453 g/mol. The molecule has 0 bridgehead atoms. The Bertz CT molecular complexity index is 1190. The lowest BCUT2D eigenvalue weighted by atomic mass is 10.3. The van der Waals surface area contributed by atoms with Gasteiger partial charge in [-0.1, -0.05) is 29.8 Å². The van der Waals surface area contributed by atoms with Crippen molar-refractivity contribution in [3.63, 3.8) is 0 Å². The van der Waals surface area contributed by atoms with Gasteiger partial charge in [0.2, 0.25) is 0 Å². The Balaban J connectivity index is 1.67. The van der Waals surface area contributed by atoms with E-state index in [-0.39, 0.29) is 27.0 Å². The van der Waals surface area contributed by atoms with E-state index < -0.39 is 34.2 Å². The van der Waals surface area contributed by atoms with Crippen molar-refractivity contribution in [3.05, 3.63) is 83.4 Å². The van der Waals surface area contributed by atoms with Gasteiger partial charge in [-0.15, -0.1) is 0 Å². The number of ether oxygens (including phenoxy) is 1. The quantitative estimate of drug-likeness (QED) is 0.555. The molecule has 1 amide bonds. The maximum absolute atomic E-state index is 13.5. The fourth-order valence-corrected chi connectivity index (χ4v) is 3.79. The number of para-hydroxylation sites is 1. The zero-order valence-electron chi connectivity index (χ0n) is 15.2. The van der Waals surface area contributed by atoms with Crippen molar-refractivity contribution in [1.82, 2.24) is 0 Å². The molecule has 3 rings (SSSR count). The van der Waals surface area contributed by atoms with Crippen LogP contribution in [0.3, 0.4) is 0 Å². The number of anilines is 2. The van der Waals surface area contributed by atoms with Crippen molar-refractivity contribution in [2.75, 3.05) is 16.6 Å². The molecule has 0 unspecified atom stereocenters. The van der Waals surface area contributed by atoms with Gasteiger partial charge in [0, 0.05) is 11.8 Å². The van der Waals surface area contributed by atoms with E-state index in [9.17, 15) is 22.0 Å². The van der Waals surface area contributed by atoms with Crippen LogP contribution in [0, 0.1) is 11.6 Å². The molecule has 0 aliphatic rings. The van der Waals surface area contributed by atoms with Crippen molar-refractivity contribution >= 4 is 38.9 Å². The molecule has 3 aromatic carbocycles. The summed E-state index contributed by atoms with van der Waals surface area (Å²) in [5.74, 6) is -2.66. The lowest BCUT2D eigenvalue weighted by Crippen LogP contribution is -2.21. The number of carbonyl (C=O) groups excluding carboxylic acids is 1. The highest BCUT2D eigenvalue weighted by molar-refractivity contribution is 7.92. The molecule has 156 valence electrons. The molecule has 0 aliphatic carbocycles. The maximum Gasteiger partial charge on any atom is 0.262 e. The predicted octanol–water partition coefficient (Wildman–Crippen LogP) is 4.44. The molecule has 2 N–H and O–H groups in total. The van der Waals surface area contributed by atoms with Crippen molar-refractivity contribution in [2.45, 2.75) is 4.90 Å². The summed E-state index contributed by atoms with van der Waals surface area (Å²) in [6, 6.07) is 14.5. The Labute approximate surface area is 176 Å². The Kier molecular flexibility index (Phi) is 6.53. The monoisotopic (exact) mass is 452 g/mol. The maximum atomic E-state index is 13.5. The van der Waals surface area contributed by atoms with Gasteiger partial charge < -0.3 is 10.1 Å². The van der Waals surface area contributed by atoms with E-state index in [4.69, 9.17) is 16.3 Å². The first kappa shape index (κ1) is 21.5. The number of hydrogen-bond donors (Lipinski definition) is 2. The second-order valence-corrected chi connectivity index (χ2v) is 8.11. The second kappa shape index (κ2) is 9.10. The van der Waals surface area contributed by atoms with E-state index in [1.165, 1.54) is 30.3 Å². The first-order valence-corrected chi connectivity index (χ1v) is 10.4. The third kappa shape index (κ3) is 5.46. The molecule has 0 saturated carbocycles. The van der Waals surface area contributed by atoms with Crippen LogP contribution < -0.4 is 14.8 Å². The van der Waals surface area contributed by atoms with Crippen LogP contribution in [0.4, 0.5) is 20.2 Å². The number of halogens is 3. The summed E-state index contributed by atoms with van der Waals surface area (Å²) in [7, 11) is -3.96. The van der Waals surface area contributed by atoms with E-state index in [0.717, 1.165) is 12.1 Å². The van der Waals surface area contributed by atoms with Gasteiger partial charge in [0.1, 0.15) is 5.82 Å². The van der Waals surface area contributed by atoms with Gasteiger partial charge in [-0.3, -0.25) is 9.52 Å². The van der Waals surface area contributed by atoms with Crippen molar-refractivity contribution in [1.29, 1.82) is 0 Å². The molecule has 0 fully saturated rings. The fourth-order valence-electron chi connectivity index (χ4n) is 2.42. The van der Waals surface area contributed by atoms with Gasteiger partial charge in [0.15, 0.2) is 18.2 Å². The van der Waals surface area contributed by atoms with Gasteiger partial charge >= 0.3 is 0 Å². The first-order valence-electron chi connectivity index (χ1n) is 8.50. The minimum Gasteiger partial charge on any atom is -0.481 e. The highest BCUT2D eigenvalue weighted by Crippen LogP contribution is 2.25. The number of amides is 1. The molecule has 0 atom stereocenters. The van der Waals surface area contributed by atoms with Gasteiger partial charge in [-0.25, -0.2) is 17.2 Å². The van der Waals surface area contributed by atoms with E-state index >= 15 is 0 Å². The lowest BCUT2D eigenvalue weighted by Gasteiger charge is -2.11. The molecule has 30 heavy (non-hydrogen) atoms. The number of rotatable bonds is 7. The minimum atomic E-state index is -3.96. The number of sulfonamides is 1. The molecule has 0 aliphatic heterocycles. The minimum absolute atomic E-state index is 0.106. The number of carbonyl (C=O) groups is 1. The Morgan fingerprint density at radius 2 is 1.77 bits per heavy atom. The first-order chi connectivity index (χ1) is 14.2. The molecule has 3 aromatic rings. The van der Waals surface area contributed by atoms with Gasteiger partial charge in [0.05, 0.1) is 15.6 Å². The van der Waals surface area contributed by atoms with Gasteiger partial charge in [-0.05, 0) is 42.5 Å². The smallest absolute Gasteiger partial charge is 0.262 e. The van der Waals surface area contributed by atoms with E-state index in [2.05, 4.69) is 10.0 Å². The molecule has 0 saturated heterocycles. The molecular formula is C20H15ClF2N2O4S. The topological polar surface area (TPSA) is 84.5 Å². The number of nitrogens with one attached hydrogen (secondary N) is 2. The van der Waals surface area contributed by atoms with Crippen LogP contribution >= 0.6 is 11.6 Å². The normalized spacial score (nSPS) is 11.0. The molecular weight excluding hydrogens is 438 g/mol. The zero-order valence-corrected chi connectivity index (χ0v) is 16.8. The summed E-state index contributed by atoms with van der Waals surface area (Å²) < 4.78 is 59.0. The van der Waals surface area contributed by atoms with Gasteiger partial charge in [-0.2, -0.15) is 0 Å². The van der Waals surface area contributed by atoms with Crippen LogP contribution in [0.25, 0.3) is 0 Å². The van der Waals surface area contributed by atoms with Crippen LogP contribution in [0.5, 0.6) is 5.75 Å². The summed E-state index contributed by atoms with van der Waals surface area (Å²) in [6.45, 7) is -0.558. The summed E-state index contributed by atoms with van der Waals surface area (Å²) in [5.41, 5.74) is 0.397. The van der Waals surface area contributed by atoms with Crippen LogP contribution in [0.1, 0.15) is 0 Å². The Hall–Kier alpha value is -3.17. The van der Waals surface area contributed by atoms with Crippen molar-refractivity contribution in [3.8, 4) is 5.75 Å². The van der Waals surface area contributed by atoms with E-state index in [1.54, 1.807) is 18.2 Å². The molecule has 0 radical (unpaired) electrons. The largest absolute Gasteiger partial charge is 0.481 e. The van der Waals surface area contributed by atoms with Crippen LogP contribution in [0.15, 0.2) is 71.6 Å². The zero-order chi connectivity index (χ0) is 21.7. The highest BCUT2D eigenvalue weighted by Gasteiger charge is 2.17. The summed E-state index contributed by atoms with van der Waals surface area (Å²) >= 11 is 5.98. The van der Waals surface area contributed by atoms with Crippen LogP contribution in [-0.4, -0.2) is 20.9 Å². The van der Waals surface area contributed by atoms with Crippen molar-refractivity contribution < 1.29 is 26.7 Å². The molecule has 6 nitrogen and oxygen atoms in total. The summed E-state index contributed by atoms with van der Waals surface area (Å²) in [6.07, 6.45) is 0. The number of hydrogen-bond acceptors (Lipinski definition) is 4. The standard InChI is InChI=1S/C20H15ClF2N2O4S/c21-16-6-1-2-7-18(16)25-30(27,28)15-5-3-4-14(11-15)24-20(26)12-29-19-9-8-13(22)10-17(19)23/h1-11,25H,12H2,(H,24,26). The Morgan fingerprint density at radius 3 is 2.50 bits per heavy atom. The molecule has 0 aromatic heterocycles. The Morgan fingerprint density at radius 1 is 1.00 bits per heavy atom. The third-order valence-corrected chi connectivity index (χ3v) is 5.49. The van der Waals surface area contributed by atoms with Crippen molar-refractivity contribution in [2.24, 2.45) is 0 Å². The average Bonchev–Trinajstić information content (AvgIpc) is 2.69. The van der Waals surface area contributed by atoms with Crippen LogP contribution in [0.2, 0.25) is 5.02 Å². The van der Waals surface area contributed by atoms with Crippen LogP contribution in [-0.2, 0) is 14.8 Å². The number of benzene rings is 3. The predicted molar refractivity (Wildman–Crippen MR) is 109 cm³/mol. The highest BCUT2D eigenvalue weighted by atomic mass is 35.5. The molecule has 0 heterocycles. The summed E-state index contributed by atoms with van der Waals surface area (Å²) in [4.78, 5) is 11.9. The molecule has 0 spiro atoms. The second-order valence-electron chi connectivity index (χ2n) is 6.02. The fraction of sp³-hybridized carbons (Fsp3) is 0.0500. The molecule has 10 heteroatoms. The summed E-state index contributed by atoms with van der Waals surface area (Å²) in [5, 5.41) is 2.68. The van der Waals surface area contributed by atoms with E-state index in [1.807, 2.05) is 0 Å². The third-order valence-electron chi connectivity index (χ3n) is 3.80. The van der Waals surface area contributed by atoms with E-state index in [0.29, 0.717) is 6.07 Å².